The Labute approximate surface area is 189 Å². The van der Waals surface area contributed by atoms with Gasteiger partial charge in [0.05, 0.1) is 38.3 Å². The molecule has 1 aromatic rings. The average Bonchev–Trinajstić information content (AvgIpc) is 2.64. The zero-order valence-electron chi connectivity index (χ0n) is 18.2. The maximum atomic E-state index is 11.3. The molecule has 0 heterocycles. The van der Waals surface area contributed by atoms with E-state index in [0.717, 1.165) is 31.1 Å². The maximum absolute atomic E-state index is 11.3. The summed E-state index contributed by atoms with van der Waals surface area (Å²) in [5, 5.41) is 11.9. The lowest BCUT2D eigenvalue weighted by atomic mass is 9.91. The van der Waals surface area contributed by atoms with Crippen molar-refractivity contribution in [2.45, 2.75) is 25.8 Å². The molecule has 0 aliphatic heterocycles. The largest absolute Gasteiger partial charge is 0.481 e. The Kier molecular flexibility index (Phi) is 11.3. The molecule has 0 fully saturated rings. The van der Waals surface area contributed by atoms with E-state index < -0.39 is 32.2 Å². The fourth-order valence-electron chi connectivity index (χ4n) is 2.88. The number of rotatable bonds is 16. The summed E-state index contributed by atoms with van der Waals surface area (Å²) in [7, 11) is -6.15. The van der Waals surface area contributed by atoms with E-state index in [-0.39, 0.29) is 32.7 Å². The van der Waals surface area contributed by atoms with E-state index >= 15 is 0 Å². The molecule has 0 spiro atoms. The van der Waals surface area contributed by atoms with Crippen LogP contribution in [0.25, 0.3) is 0 Å². The number of carbonyl (C=O) groups is 2. The minimum atomic E-state index is -3.65. The molecule has 2 N–H and O–H groups in total. The van der Waals surface area contributed by atoms with Crippen LogP contribution < -0.4 is 10.1 Å². The minimum absolute atomic E-state index is 0.137. The molecular weight excluding hydrogens is 463 g/mol. The summed E-state index contributed by atoms with van der Waals surface area (Å²) in [5.74, 6) is -1.02. The van der Waals surface area contributed by atoms with Gasteiger partial charge in [0.25, 0.3) is 27.7 Å². The van der Waals surface area contributed by atoms with Crippen molar-refractivity contribution in [3.05, 3.63) is 29.3 Å². The number of aliphatic carboxylic acids is 1. The van der Waals surface area contributed by atoms with Crippen LogP contribution in [0.5, 0.6) is 0 Å². The van der Waals surface area contributed by atoms with E-state index in [1.807, 2.05) is 13.0 Å². The average molecular weight is 491 g/mol. The van der Waals surface area contributed by atoms with Gasteiger partial charge in [-0.3, -0.25) is 13.2 Å². The first-order valence-electron chi connectivity index (χ1n) is 9.59. The zero-order chi connectivity index (χ0) is 24.4. The van der Waals surface area contributed by atoms with Gasteiger partial charge < -0.3 is 20.0 Å². The van der Waals surface area contributed by atoms with Crippen LogP contribution in [-0.4, -0.2) is 86.4 Å². The number of carbonyl (C=O) groups excluding carboxylic acids is 1. The molecule has 179 valence electrons. The SMILES string of the molecule is Cc1ccc(N(CCOS(C)(=O)=O)CCOS(C)(=O)=O)cc1C[C@@H](CC(=O)O)N[B]C=O. The van der Waals surface area contributed by atoms with Gasteiger partial charge in [0.2, 0.25) is 0 Å². The van der Waals surface area contributed by atoms with Crippen LogP contribution in [0.15, 0.2) is 18.2 Å². The number of anilines is 1. The molecule has 0 saturated carbocycles. The Hall–Kier alpha value is -2.00. The minimum Gasteiger partial charge on any atom is -0.481 e. The third-order valence-electron chi connectivity index (χ3n) is 4.30. The lowest BCUT2D eigenvalue weighted by molar-refractivity contribution is -0.137. The predicted octanol–water partition coefficient (Wildman–Crippen LogP) is -0.461. The molecule has 1 atom stereocenters. The lowest BCUT2D eigenvalue weighted by Gasteiger charge is -2.26. The smallest absolute Gasteiger partial charge is 0.304 e. The maximum Gasteiger partial charge on any atom is 0.304 e. The second-order valence-corrected chi connectivity index (χ2v) is 10.4. The summed E-state index contributed by atoms with van der Waals surface area (Å²) < 4.78 is 54.6. The van der Waals surface area contributed by atoms with Crippen LogP contribution in [0.3, 0.4) is 0 Å². The van der Waals surface area contributed by atoms with E-state index in [4.69, 9.17) is 13.5 Å². The van der Waals surface area contributed by atoms with Crippen molar-refractivity contribution in [3.63, 3.8) is 0 Å². The first kappa shape index (κ1) is 28.0. The molecule has 0 aliphatic rings. The summed E-state index contributed by atoms with van der Waals surface area (Å²) in [4.78, 5) is 23.5. The van der Waals surface area contributed by atoms with Gasteiger partial charge >= 0.3 is 5.97 Å². The number of benzene rings is 1. The van der Waals surface area contributed by atoms with Crippen molar-refractivity contribution < 1.29 is 39.9 Å². The van der Waals surface area contributed by atoms with Crippen LogP contribution >= 0.6 is 0 Å². The molecule has 0 bridgehead atoms. The highest BCUT2D eigenvalue weighted by Gasteiger charge is 2.17. The monoisotopic (exact) mass is 491 g/mol. The van der Waals surface area contributed by atoms with Gasteiger partial charge in [-0.05, 0) is 36.6 Å². The Balaban J connectivity index is 3.08. The topological polar surface area (TPSA) is 156 Å². The van der Waals surface area contributed by atoms with Crippen molar-refractivity contribution in [2.75, 3.05) is 43.7 Å². The molecule has 0 aromatic heterocycles. The Morgan fingerprint density at radius 1 is 1.16 bits per heavy atom. The summed E-state index contributed by atoms with van der Waals surface area (Å²) in [6.07, 6.45) is 2.50. The number of nitrogens with one attached hydrogen (secondary N) is 1. The molecule has 1 radical (unpaired) electrons. The highest BCUT2D eigenvalue weighted by molar-refractivity contribution is 7.86. The van der Waals surface area contributed by atoms with Gasteiger partial charge in [0.15, 0.2) is 0 Å². The van der Waals surface area contributed by atoms with E-state index in [1.165, 1.54) is 0 Å². The van der Waals surface area contributed by atoms with Crippen LogP contribution in [0.4, 0.5) is 5.69 Å². The summed E-state index contributed by atoms with van der Waals surface area (Å²) in [6.45, 7) is 1.82. The van der Waals surface area contributed by atoms with Crippen LogP contribution in [-0.2, 0) is 44.6 Å². The number of hydrogen-bond donors (Lipinski definition) is 2. The van der Waals surface area contributed by atoms with Gasteiger partial charge in [-0.2, -0.15) is 16.8 Å². The molecule has 32 heavy (non-hydrogen) atoms. The van der Waals surface area contributed by atoms with Crippen LogP contribution in [0.1, 0.15) is 17.5 Å². The summed E-state index contributed by atoms with van der Waals surface area (Å²) in [5.41, 5.74) is 2.34. The molecule has 11 nitrogen and oxygen atoms in total. The fourth-order valence-corrected chi connectivity index (χ4v) is 3.64. The summed E-state index contributed by atoms with van der Waals surface area (Å²) >= 11 is 0. The standard InChI is InChI=1S/C18H28BN2O9S2/c1-14-4-5-17(11-15(14)10-16(12-18(23)24)20-19-13-22)21(6-8-29-31(2,25)26)7-9-30-32(3,27)28/h4-5,11,13,16,20H,6-10,12H2,1-3H3,(H,23,24)/t16-/m0/s1. The van der Waals surface area contributed by atoms with Crippen molar-refractivity contribution in [2.24, 2.45) is 0 Å². The fraction of sp³-hybridized carbons (Fsp3) is 0.556. The molecule has 1 rings (SSSR count). The van der Waals surface area contributed by atoms with Gasteiger partial charge in [-0.15, -0.1) is 0 Å². The van der Waals surface area contributed by atoms with E-state index in [0.29, 0.717) is 18.3 Å². The molecule has 0 aliphatic carbocycles. The second kappa shape index (κ2) is 12.9. The third kappa shape index (κ3) is 12.1. The quantitative estimate of drug-likeness (QED) is 0.175. The first-order chi connectivity index (χ1) is 14.8. The van der Waals surface area contributed by atoms with Crippen molar-refractivity contribution >= 4 is 45.5 Å². The van der Waals surface area contributed by atoms with E-state index in [2.05, 4.69) is 5.23 Å². The van der Waals surface area contributed by atoms with Crippen molar-refractivity contribution in [1.82, 2.24) is 5.23 Å². The van der Waals surface area contributed by atoms with Gasteiger partial charge in [-0.25, -0.2) is 0 Å². The normalized spacial score (nSPS) is 12.8. The predicted molar refractivity (Wildman–Crippen MR) is 120 cm³/mol. The molecule has 0 unspecified atom stereocenters. The van der Waals surface area contributed by atoms with Crippen LogP contribution in [0, 0.1) is 6.92 Å². The summed E-state index contributed by atoms with van der Waals surface area (Å²) in [6, 6.07) is 4.86. The lowest BCUT2D eigenvalue weighted by Crippen LogP contribution is -2.37. The van der Waals surface area contributed by atoms with Gasteiger partial charge in [-0.1, -0.05) is 6.07 Å². The molecule has 0 saturated heterocycles. The van der Waals surface area contributed by atoms with E-state index in [9.17, 15) is 26.4 Å². The van der Waals surface area contributed by atoms with Crippen molar-refractivity contribution in [3.8, 4) is 0 Å². The number of nitrogens with zero attached hydrogens (tertiary/aromatic N) is 1. The third-order valence-corrected chi connectivity index (χ3v) is 5.49. The Morgan fingerprint density at radius 3 is 2.19 bits per heavy atom. The molecule has 14 heteroatoms. The Bertz CT molecular complexity index is 946. The molecule has 1 aromatic carbocycles. The van der Waals surface area contributed by atoms with Crippen LogP contribution in [0.2, 0.25) is 0 Å². The van der Waals surface area contributed by atoms with Crippen molar-refractivity contribution in [1.29, 1.82) is 0 Å². The Morgan fingerprint density at radius 2 is 1.72 bits per heavy atom. The number of carboxylic acid groups (broad SMARTS) is 1. The number of aryl methyl sites for hydroxylation is 1. The van der Waals surface area contributed by atoms with Gasteiger partial charge in [0.1, 0.15) is 0 Å². The highest BCUT2D eigenvalue weighted by atomic mass is 32.2. The van der Waals surface area contributed by atoms with Gasteiger partial charge in [0, 0.05) is 24.8 Å². The second-order valence-electron chi connectivity index (χ2n) is 7.12. The first-order valence-corrected chi connectivity index (χ1v) is 13.2. The zero-order valence-corrected chi connectivity index (χ0v) is 19.8. The van der Waals surface area contributed by atoms with E-state index in [1.54, 1.807) is 17.0 Å². The highest BCUT2D eigenvalue weighted by Crippen LogP contribution is 2.21. The number of hydrogen-bond acceptors (Lipinski definition) is 10. The number of carboxylic acids is 1. The molecule has 0 amide bonds. The molecular formula is C18H28BN2O9S2.